The molecule has 0 spiro atoms. The van der Waals surface area contributed by atoms with Crippen LogP contribution in [-0.2, 0) is 27.5 Å². The molecular formula is C19H23N4O4+. The van der Waals surface area contributed by atoms with Gasteiger partial charge in [-0.3, -0.25) is 9.59 Å². The number of nitrogens with zero attached hydrogens (tertiary/aromatic N) is 1. The van der Waals surface area contributed by atoms with Crippen LogP contribution in [-0.4, -0.2) is 29.2 Å². The smallest absolute Gasteiger partial charge is 0.412 e. The molecule has 0 bridgehead atoms. The van der Waals surface area contributed by atoms with Gasteiger partial charge in [0.05, 0.1) is 0 Å². The fourth-order valence-electron chi connectivity index (χ4n) is 2.34. The van der Waals surface area contributed by atoms with Crippen molar-refractivity contribution in [1.29, 1.82) is 0 Å². The molecule has 8 nitrogen and oxygen atoms in total. The second-order valence-electron chi connectivity index (χ2n) is 6.00. The number of nitrogens with two attached hydrogens (primary N) is 1. The molecule has 0 fully saturated rings. The molecule has 0 saturated heterocycles. The maximum Gasteiger partial charge on any atom is 0.562 e. The summed E-state index contributed by atoms with van der Waals surface area (Å²) in [6.07, 6.45) is -0.941. The van der Waals surface area contributed by atoms with Crippen LogP contribution in [0.4, 0.5) is 4.79 Å². The molecule has 0 saturated carbocycles. The lowest BCUT2D eigenvalue weighted by molar-refractivity contribution is -0.897. The van der Waals surface area contributed by atoms with Crippen molar-refractivity contribution < 1.29 is 23.8 Å². The summed E-state index contributed by atoms with van der Waals surface area (Å²) >= 11 is 0. The summed E-state index contributed by atoms with van der Waals surface area (Å²) in [5.74, 6) is 4.87. The largest absolute Gasteiger partial charge is 0.562 e. The number of rotatable bonds is 6. The van der Waals surface area contributed by atoms with Crippen molar-refractivity contribution in [2.45, 2.75) is 20.1 Å². The van der Waals surface area contributed by atoms with Crippen molar-refractivity contribution in [2.75, 3.05) is 6.54 Å². The molecule has 27 heavy (non-hydrogen) atoms. The molecule has 0 aliphatic rings. The van der Waals surface area contributed by atoms with Crippen molar-refractivity contribution in [3.05, 3.63) is 71.8 Å². The van der Waals surface area contributed by atoms with Gasteiger partial charge < -0.3 is 10.1 Å². The van der Waals surface area contributed by atoms with Gasteiger partial charge in [-0.1, -0.05) is 60.7 Å². The van der Waals surface area contributed by atoms with Gasteiger partial charge in [-0.05, 0) is 15.8 Å². The minimum atomic E-state index is -1.18. The third kappa shape index (κ3) is 6.53. The maximum absolute atomic E-state index is 12.4. The second-order valence-corrected chi connectivity index (χ2v) is 6.00. The van der Waals surface area contributed by atoms with Crippen molar-refractivity contribution >= 4 is 17.9 Å². The van der Waals surface area contributed by atoms with Crippen LogP contribution < -0.4 is 16.6 Å². The third-order valence-corrected chi connectivity index (χ3v) is 3.61. The number of hydrogen-bond donors (Lipinski definition) is 3. The summed E-state index contributed by atoms with van der Waals surface area (Å²) in [5.41, 5.74) is 3.92. The van der Waals surface area contributed by atoms with Crippen molar-refractivity contribution in [3.8, 4) is 0 Å². The molecule has 2 aromatic rings. The molecule has 8 heteroatoms. The number of carbonyl (C=O) groups excluding carboxylic acids is 3. The Morgan fingerprint density at radius 2 is 1.52 bits per heavy atom. The third-order valence-electron chi connectivity index (χ3n) is 3.61. The Kier molecular flexibility index (Phi) is 7.04. The normalized spacial score (nSPS) is 12.5. The zero-order valence-corrected chi connectivity index (χ0v) is 15.1. The highest BCUT2D eigenvalue weighted by molar-refractivity contribution is 5.80. The molecule has 4 N–H and O–H groups in total. The fourth-order valence-corrected chi connectivity index (χ4v) is 2.34. The lowest BCUT2D eigenvalue weighted by Gasteiger charge is -2.26. The average Bonchev–Trinajstić information content (AvgIpc) is 2.65. The first kappa shape index (κ1) is 20.1. The molecular weight excluding hydrogens is 348 g/mol. The summed E-state index contributed by atoms with van der Waals surface area (Å²) in [6, 6.07) is 18.3. The van der Waals surface area contributed by atoms with Gasteiger partial charge in [-0.2, -0.15) is 10.2 Å². The van der Waals surface area contributed by atoms with E-state index in [1.54, 1.807) is 24.3 Å². The molecule has 0 radical (unpaired) electrons. The molecule has 1 atom stereocenters. The Balaban J connectivity index is 1.97. The number of nitrogens with one attached hydrogen (secondary N) is 2. The highest BCUT2D eigenvalue weighted by Gasteiger charge is 2.40. The minimum absolute atomic E-state index is 0.0257. The Bertz CT molecular complexity index is 783. The van der Waals surface area contributed by atoms with Gasteiger partial charge in [0.15, 0.2) is 0 Å². The Labute approximate surface area is 157 Å². The summed E-state index contributed by atoms with van der Waals surface area (Å²) in [7, 11) is 0. The number of benzene rings is 2. The minimum Gasteiger partial charge on any atom is -0.412 e. The van der Waals surface area contributed by atoms with E-state index in [2.05, 4.69) is 10.7 Å². The Morgan fingerprint density at radius 3 is 2.07 bits per heavy atom. The Hall–Kier alpha value is -3.23. The Morgan fingerprint density at radius 1 is 0.963 bits per heavy atom. The van der Waals surface area contributed by atoms with E-state index in [1.165, 1.54) is 6.92 Å². The van der Waals surface area contributed by atoms with E-state index in [1.807, 2.05) is 36.4 Å². The molecule has 3 amide bonds. The first-order valence-corrected chi connectivity index (χ1v) is 8.36. The van der Waals surface area contributed by atoms with Gasteiger partial charge in [-0.15, -0.1) is 5.84 Å². The van der Waals surface area contributed by atoms with Crippen molar-refractivity contribution in [1.82, 2.24) is 10.7 Å². The number of hydrogen-bond acceptors (Lipinski definition) is 5. The van der Waals surface area contributed by atoms with Crippen LogP contribution in [0, 0.1) is 0 Å². The number of ether oxygens (including phenoxy) is 1. The molecule has 0 aliphatic heterocycles. The SMILES string of the molecule is CC(=O)N[N+](N)(CC(=O)NCc1ccccc1)C(=O)OCc1ccccc1. The first-order chi connectivity index (χ1) is 12.9. The number of carbonyl (C=O) groups is 3. The van der Waals surface area contributed by atoms with Crippen molar-refractivity contribution in [3.63, 3.8) is 0 Å². The van der Waals surface area contributed by atoms with Gasteiger partial charge in [0.2, 0.25) is 6.54 Å². The van der Waals surface area contributed by atoms with E-state index in [9.17, 15) is 14.4 Å². The van der Waals surface area contributed by atoms with Crippen LogP contribution in [0.1, 0.15) is 18.1 Å². The van der Waals surface area contributed by atoms with E-state index < -0.39 is 29.2 Å². The summed E-state index contributed by atoms with van der Waals surface area (Å²) in [6.45, 7) is 0.952. The van der Waals surface area contributed by atoms with Gasteiger partial charge in [-0.25, -0.2) is 0 Å². The zero-order valence-electron chi connectivity index (χ0n) is 15.1. The molecule has 0 heterocycles. The highest BCUT2D eigenvalue weighted by atomic mass is 16.6. The van der Waals surface area contributed by atoms with Crippen LogP contribution in [0.25, 0.3) is 0 Å². The van der Waals surface area contributed by atoms with Gasteiger partial charge >= 0.3 is 6.09 Å². The van der Waals surface area contributed by atoms with Crippen LogP contribution in [0.5, 0.6) is 0 Å². The molecule has 1 unspecified atom stereocenters. The van der Waals surface area contributed by atoms with Crippen LogP contribution in [0.2, 0.25) is 0 Å². The zero-order chi connectivity index (χ0) is 19.7. The quantitative estimate of drug-likeness (QED) is 0.307. The van der Waals surface area contributed by atoms with Crippen LogP contribution in [0.15, 0.2) is 60.7 Å². The molecule has 2 rings (SSSR count). The van der Waals surface area contributed by atoms with E-state index in [0.29, 0.717) is 0 Å². The fraction of sp³-hybridized carbons (Fsp3) is 0.211. The van der Waals surface area contributed by atoms with Crippen LogP contribution in [0.3, 0.4) is 0 Å². The van der Waals surface area contributed by atoms with Gasteiger partial charge in [0.25, 0.3) is 11.8 Å². The standard InChI is InChI=1S/C19H22N4O4/c1-15(24)22-23(20,19(26)27-14-17-10-6-3-7-11-17)13-18(25)21-12-16-8-4-2-5-9-16/h2-11H,12-14,20H2,1H3,(H-,21,22,24,25)/p+1. The predicted molar refractivity (Wildman–Crippen MR) is 98.0 cm³/mol. The molecule has 2 aromatic carbocycles. The lowest BCUT2D eigenvalue weighted by atomic mass is 10.2. The topological polar surface area (TPSA) is 111 Å². The van der Waals surface area contributed by atoms with E-state index in [0.717, 1.165) is 11.1 Å². The van der Waals surface area contributed by atoms with Gasteiger partial charge in [0, 0.05) is 13.5 Å². The van der Waals surface area contributed by atoms with Gasteiger partial charge in [0.1, 0.15) is 6.61 Å². The predicted octanol–water partition coefficient (Wildman–Crippen LogP) is 1.38. The average molecular weight is 371 g/mol. The molecule has 142 valence electrons. The summed E-state index contributed by atoms with van der Waals surface area (Å²) in [4.78, 5) is 36.1. The summed E-state index contributed by atoms with van der Waals surface area (Å²) in [5, 5.41) is 2.66. The highest BCUT2D eigenvalue weighted by Crippen LogP contribution is 2.06. The van der Waals surface area contributed by atoms with E-state index >= 15 is 0 Å². The first-order valence-electron chi connectivity index (χ1n) is 8.36. The molecule has 0 aromatic heterocycles. The summed E-state index contributed by atoms with van der Waals surface area (Å²) < 4.78 is 3.99. The monoisotopic (exact) mass is 371 g/mol. The molecule has 0 aliphatic carbocycles. The number of quaternary nitrogens is 1. The maximum atomic E-state index is 12.4. The van der Waals surface area contributed by atoms with E-state index in [-0.39, 0.29) is 13.2 Å². The van der Waals surface area contributed by atoms with Crippen LogP contribution >= 0.6 is 0 Å². The van der Waals surface area contributed by atoms with Crippen molar-refractivity contribution in [2.24, 2.45) is 5.84 Å². The number of amides is 3. The van der Waals surface area contributed by atoms with E-state index in [4.69, 9.17) is 10.6 Å². The lowest BCUT2D eigenvalue weighted by Crippen LogP contribution is -2.70. The second kappa shape index (κ2) is 9.46.